The zero-order valence-electron chi connectivity index (χ0n) is 16.0. The fourth-order valence-electron chi connectivity index (χ4n) is 3.18. The zero-order valence-corrected chi connectivity index (χ0v) is 17.0. The second-order valence-electron chi connectivity index (χ2n) is 7.07. The van der Waals surface area contributed by atoms with Crippen molar-refractivity contribution < 1.29 is 0 Å². The first-order valence-corrected chi connectivity index (χ1v) is 12.6. The van der Waals surface area contributed by atoms with Gasteiger partial charge in [0.2, 0.25) is 0 Å². The first-order valence-electron chi connectivity index (χ1n) is 10.2. The molecule has 23 heavy (non-hydrogen) atoms. The molecule has 0 bridgehead atoms. The third kappa shape index (κ3) is 12.5. The fraction of sp³-hybridized carbons (Fsp3) is 0.727. The van der Waals surface area contributed by atoms with Gasteiger partial charge >= 0.3 is 0 Å². The van der Waals surface area contributed by atoms with E-state index in [2.05, 4.69) is 43.8 Å². The number of unbranched alkanes of at least 4 members (excludes halogenated alkanes) is 13. The molecule has 0 aromatic rings. The summed E-state index contributed by atoms with van der Waals surface area (Å²) in [6, 6.07) is 1.25. The van der Waals surface area contributed by atoms with Crippen LogP contribution < -0.4 is 0 Å². The minimum atomic E-state index is -1.53. The smallest absolute Gasteiger partial charge is 0.106 e. The molecule has 0 rings (SSSR count). The van der Waals surface area contributed by atoms with Crippen LogP contribution in [0.25, 0.3) is 0 Å². The fourth-order valence-corrected chi connectivity index (χ4v) is 5.16. The summed E-state index contributed by atoms with van der Waals surface area (Å²) in [5, 5.41) is 0. The highest BCUT2D eigenvalue weighted by atomic mass is 28.3. The molecule has 0 fully saturated rings. The maximum absolute atomic E-state index is 3.98. The molecule has 134 valence electrons. The highest BCUT2D eigenvalue weighted by Gasteiger charge is 2.20. The molecule has 0 aromatic carbocycles. The Bertz CT molecular complexity index is 271. The van der Waals surface area contributed by atoms with Gasteiger partial charge in [0.05, 0.1) is 0 Å². The minimum absolute atomic E-state index is 1.25. The van der Waals surface area contributed by atoms with Crippen LogP contribution in [-0.4, -0.2) is 8.07 Å². The van der Waals surface area contributed by atoms with E-state index in [0.717, 1.165) is 0 Å². The van der Waals surface area contributed by atoms with Crippen molar-refractivity contribution in [3.8, 4) is 0 Å². The quantitative estimate of drug-likeness (QED) is 0.175. The van der Waals surface area contributed by atoms with Gasteiger partial charge in [-0.1, -0.05) is 114 Å². The Morgan fingerprint density at radius 2 is 0.826 bits per heavy atom. The highest BCUT2D eigenvalue weighted by molar-refractivity contribution is 6.93. The van der Waals surface area contributed by atoms with Gasteiger partial charge in [-0.25, -0.2) is 0 Å². The molecule has 1 heteroatoms. The number of hydrogen-bond acceptors (Lipinski definition) is 0. The van der Waals surface area contributed by atoms with E-state index in [1.807, 2.05) is 0 Å². The minimum Gasteiger partial charge on any atom is -0.106 e. The Morgan fingerprint density at radius 3 is 1.13 bits per heavy atom. The van der Waals surface area contributed by atoms with Gasteiger partial charge in [0.1, 0.15) is 8.07 Å². The molecule has 0 aliphatic carbocycles. The van der Waals surface area contributed by atoms with Crippen molar-refractivity contribution in [2.24, 2.45) is 0 Å². The molecule has 0 saturated carbocycles. The molecule has 0 saturated heterocycles. The van der Waals surface area contributed by atoms with Gasteiger partial charge < -0.3 is 0 Å². The molecule has 0 heterocycles. The van der Waals surface area contributed by atoms with Crippen LogP contribution in [0.15, 0.2) is 36.8 Å². The molecule has 0 aliphatic rings. The lowest BCUT2D eigenvalue weighted by Gasteiger charge is -2.19. The van der Waals surface area contributed by atoms with Gasteiger partial charge in [0.25, 0.3) is 0 Å². The van der Waals surface area contributed by atoms with Crippen LogP contribution in [0.5, 0.6) is 0 Å². The standard InChI is InChI=1S/C22H42Si/c1-5-9-10-11-12-13-14-15-16-17-18-19-20-21-22-23(6-2,7-3)8-4/h6-8H,2-5,9-22H2,1H3. The summed E-state index contributed by atoms with van der Waals surface area (Å²) in [5.74, 6) is 0. The van der Waals surface area contributed by atoms with E-state index in [9.17, 15) is 0 Å². The van der Waals surface area contributed by atoms with Gasteiger partial charge in [-0.2, -0.15) is 0 Å². The van der Waals surface area contributed by atoms with Crippen LogP contribution in [0.2, 0.25) is 6.04 Å². The molecule has 0 radical (unpaired) electrons. The normalized spacial score (nSPS) is 11.3. The summed E-state index contributed by atoms with van der Waals surface area (Å²) in [6.07, 6.45) is 19.9. The average Bonchev–Trinajstić information content (AvgIpc) is 2.59. The molecule has 0 N–H and O–H groups in total. The predicted octanol–water partition coefficient (Wildman–Crippen LogP) is 8.09. The zero-order chi connectivity index (χ0) is 17.2. The second-order valence-corrected chi connectivity index (χ2v) is 11.0. The summed E-state index contributed by atoms with van der Waals surface area (Å²) in [6.45, 7) is 14.2. The molecular formula is C22H42Si. The molecule has 0 unspecified atom stereocenters. The maximum Gasteiger partial charge on any atom is 0.124 e. The SMILES string of the molecule is C=C[Si](C=C)(C=C)CCCCCCCCCCCCCCCC. The Hall–Kier alpha value is -0.563. The molecule has 0 amide bonds. The maximum atomic E-state index is 3.98. The van der Waals surface area contributed by atoms with E-state index in [0.29, 0.717) is 0 Å². The largest absolute Gasteiger partial charge is 0.124 e. The molecule has 0 nitrogen and oxygen atoms in total. The summed E-state index contributed by atoms with van der Waals surface area (Å²) >= 11 is 0. The summed E-state index contributed by atoms with van der Waals surface area (Å²) in [4.78, 5) is 0. The van der Waals surface area contributed by atoms with Crippen LogP contribution in [0.3, 0.4) is 0 Å². The highest BCUT2D eigenvalue weighted by Crippen LogP contribution is 2.19. The molecular weight excluding hydrogens is 292 g/mol. The van der Waals surface area contributed by atoms with Gasteiger partial charge in [-0.3, -0.25) is 0 Å². The van der Waals surface area contributed by atoms with Crippen molar-refractivity contribution in [3.63, 3.8) is 0 Å². The lowest BCUT2D eigenvalue weighted by atomic mass is 10.0. The van der Waals surface area contributed by atoms with Gasteiger partial charge in [0.15, 0.2) is 0 Å². The van der Waals surface area contributed by atoms with E-state index in [-0.39, 0.29) is 0 Å². The molecule has 0 spiro atoms. The van der Waals surface area contributed by atoms with Crippen molar-refractivity contribution in [2.75, 3.05) is 0 Å². The average molecular weight is 335 g/mol. The van der Waals surface area contributed by atoms with E-state index >= 15 is 0 Å². The molecule has 0 aliphatic heterocycles. The number of rotatable bonds is 18. The lowest BCUT2D eigenvalue weighted by molar-refractivity contribution is 0.538. The van der Waals surface area contributed by atoms with Crippen LogP contribution in [0.4, 0.5) is 0 Å². The molecule has 0 aromatic heterocycles. The lowest BCUT2D eigenvalue weighted by Crippen LogP contribution is -2.26. The van der Waals surface area contributed by atoms with Crippen LogP contribution in [-0.2, 0) is 0 Å². The Kier molecular flexibility index (Phi) is 15.9. The van der Waals surface area contributed by atoms with Crippen molar-refractivity contribution in [1.29, 1.82) is 0 Å². The third-order valence-corrected chi connectivity index (χ3v) is 8.60. The van der Waals surface area contributed by atoms with E-state index in [4.69, 9.17) is 0 Å². The monoisotopic (exact) mass is 334 g/mol. The first-order chi connectivity index (χ1) is 11.2. The van der Waals surface area contributed by atoms with Crippen molar-refractivity contribution in [2.45, 2.75) is 103 Å². The summed E-state index contributed by atoms with van der Waals surface area (Å²) in [5.41, 5.74) is 6.36. The van der Waals surface area contributed by atoms with Crippen molar-refractivity contribution in [1.82, 2.24) is 0 Å². The van der Waals surface area contributed by atoms with Crippen LogP contribution in [0, 0.1) is 0 Å². The summed E-state index contributed by atoms with van der Waals surface area (Å²) < 4.78 is 0. The Morgan fingerprint density at radius 1 is 0.522 bits per heavy atom. The molecule has 0 atom stereocenters. The van der Waals surface area contributed by atoms with Gasteiger partial charge in [-0.15, -0.1) is 19.7 Å². The van der Waals surface area contributed by atoms with E-state index in [1.165, 1.54) is 95.9 Å². The van der Waals surface area contributed by atoms with Crippen molar-refractivity contribution >= 4 is 8.07 Å². The topological polar surface area (TPSA) is 0 Å². The second kappa shape index (κ2) is 16.3. The third-order valence-electron chi connectivity index (χ3n) is 5.10. The first kappa shape index (κ1) is 22.4. The summed E-state index contributed by atoms with van der Waals surface area (Å²) in [7, 11) is -1.53. The van der Waals surface area contributed by atoms with Crippen molar-refractivity contribution in [3.05, 3.63) is 36.8 Å². The number of hydrogen-bond donors (Lipinski definition) is 0. The van der Waals surface area contributed by atoms with Gasteiger partial charge in [0, 0.05) is 0 Å². The van der Waals surface area contributed by atoms with Gasteiger partial charge in [-0.05, 0) is 6.04 Å². The predicted molar refractivity (Wildman–Crippen MR) is 111 cm³/mol. The van der Waals surface area contributed by atoms with Crippen LogP contribution in [0.1, 0.15) is 96.8 Å². The van der Waals surface area contributed by atoms with E-state index in [1.54, 1.807) is 0 Å². The van der Waals surface area contributed by atoms with E-state index < -0.39 is 8.07 Å². The Balaban J connectivity index is 3.29. The van der Waals surface area contributed by atoms with Crippen LogP contribution >= 0.6 is 0 Å². The Labute approximate surface area is 148 Å².